The third-order valence-electron chi connectivity index (χ3n) is 2.57. The lowest BCUT2D eigenvalue weighted by Gasteiger charge is -2.26. The first-order valence-corrected chi connectivity index (χ1v) is 9.98. The summed E-state index contributed by atoms with van der Waals surface area (Å²) in [5, 5.41) is 0.783. The Morgan fingerprint density at radius 2 is 1.89 bits per heavy atom. The van der Waals surface area contributed by atoms with Crippen molar-refractivity contribution in [3.8, 4) is 0 Å². The zero-order chi connectivity index (χ0) is 14.6. The molecule has 0 aliphatic carbocycles. The second-order valence-corrected chi connectivity index (χ2v) is 8.75. The van der Waals surface area contributed by atoms with Gasteiger partial charge < -0.3 is 0 Å². The molecule has 0 unspecified atom stereocenters. The topological polar surface area (TPSA) is 37.4 Å². The SMILES string of the molecule is CC(C)N(CCCBr)S(=O)(=O)c1cc(Br)ccc1Br. The zero-order valence-corrected chi connectivity index (χ0v) is 16.3. The van der Waals surface area contributed by atoms with E-state index in [0.717, 1.165) is 16.2 Å². The van der Waals surface area contributed by atoms with Gasteiger partial charge in [0, 0.05) is 26.9 Å². The number of benzene rings is 1. The lowest BCUT2D eigenvalue weighted by molar-refractivity contribution is 0.355. The largest absolute Gasteiger partial charge is 0.244 e. The summed E-state index contributed by atoms with van der Waals surface area (Å²) in [6, 6.07) is 5.10. The number of halogens is 3. The first-order chi connectivity index (χ1) is 8.80. The third-order valence-corrected chi connectivity index (χ3v) is 6.69. The van der Waals surface area contributed by atoms with Gasteiger partial charge in [0.05, 0.1) is 4.90 Å². The van der Waals surface area contributed by atoms with Crippen LogP contribution < -0.4 is 0 Å². The second-order valence-electron chi connectivity index (χ2n) is 4.33. The number of hydrogen-bond acceptors (Lipinski definition) is 2. The van der Waals surface area contributed by atoms with Gasteiger partial charge in [-0.1, -0.05) is 31.9 Å². The van der Waals surface area contributed by atoms with Gasteiger partial charge in [-0.25, -0.2) is 8.42 Å². The first-order valence-electron chi connectivity index (χ1n) is 5.83. The fourth-order valence-corrected chi connectivity index (χ4v) is 5.06. The van der Waals surface area contributed by atoms with E-state index in [2.05, 4.69) is 47.8 Å². The molecule has 1 rings (SSSR count). The van der Waals surface area contributed by atoms with E-state index in [9.17, 15) is 8.42 Å². The molecule has 0 aromatic heterocycles. The molecule has 0 amide bonds. The highest BCUT2D eigenvalue weighted by Crippen LogP contribution is 2.29. The summed E-state index contributed by atoms with van der Waals surface area (Å²) in [6.45, 7) is 4.28. The third kappa shape index (κ3) is 4.52. The molecule has 0 saturated carbocycles. The summed E-state index contributed by atoms with van der Waals surface area (Å²) in [6.07, 6.45) is 0.781. The zero-order valence-electron chi connectivity index (χ0n) is 10.7. The quantitative estimate of drug-likeness (QED) is 0.570. The van der Waals surface area contributed by atoms with E-state index < -0.39 is 10.0 Å². The number of alkyl halides is 1. The summed E-state index contributed by atoms with van der Waals surface area (Å²) in [4.78, 5) is 0.296. The molecule has 0 radical (unpaired) electrons. The van der Waals surface area contributed by atoms with Crippen LogP contribution in [0.4, 0.5) is 0 Å². The Hall–Kier alpha value is 0.570. The van der Waals surface area contributed by atoms with Crippen LogP contribution in [-0.4, -0.2) is 30.6 Å². The van der Waals surface area contributed by atoms with Crippen molar-refractivity contribution in [1.29, 1.82) is 0 Å². The molecule has 0 spiro atoms. The van der Waals surface area contributed by atoms with E-state index in [4.69, 9.17) is 0 Å². The lowest BCUT2D eigenvalue weighted by Crippen LogP contribution is -2.38. The van der Waals surface area contributed by atoms with Crippen molar-refractivity contribution in [2.75, 3.05) is 11.9 Å². The lowest BCUT2D eigenvalue weighted by atomic mass is 10.4. The van der Waals surface area contributed by atoms with E-state index in [-0.39, 0.29) is 6.04 Å². The molecule has 7 heteroatoms. The van der Waals surface area contributed by atoms with Gasteiger partial charge in [-0.05, 0) is 54.4 Å². The highest BCUT2D eigenvalue weighted by Gasteiger charge is 2.28. The van der Waals surface area contributed by atoms with Gasteiger partial charge >= 0.3 is 0 Å². The molecule has 0 saturated heterocycles. The van der Waals surface area contributed by atoms with Gasteiger partial charge in [-0.2, -0.15) is 4.31 Å². The molecule has 108 valence electrons. The van der Waals surface area contributed by atoms with Gasteiger partial charge in [-0.3, -0.25) is 0 Å². The number of hydrogen-bond donors (Lipinski definition) is 0. The number of rotatable bonds is 6. The van der Waals surface area contributed by atoms with Gasteiger partial charge in [0.25, 0.3) is 0 Å². The van der Waals surface area contributed by atoms with E-state index >= 15 is 0 Å². The molecular weight excluding hydrogens is 462 g/mol. The minimum absolute atomic E-state index is 0.0741. The highest BCUT2D eigenvalue weighted by atomic mass is 79.9. The predicted octanol–water partition coefficient (Wildman–Crippen LogP) is 4.40. The van der Waals surface area contributed by atoms with Crippen molar-refractivity contribution in [2.24, 2.45) is 0 Å². The van der Waals surface area contributed by atoms with Crippen molar-refractivity contribution in [3.63, 3.8) is 0 Å². The maximum Gasteiger partial charge on any atom is 0.244 e. The normalized spacial score (nSPS) is 12.4. The average molecular weight is 478 g/mol. The maximum atomic E-state index is 12.7. The van der Waals surface area contributed by atoms with Crippen molar-refractivity contribution < 1.29 is 8.42 Å². The Labute approximate surface area is 140 Å². The van der Waals surface area contributed by atoms with Crippen molar-refractivity contribution in [3.05, 3.63) is 27.1 Å². The van der Waals surface area contributed by atoms with Crippen LogP contribution in [0.15, 0.2) is 32.0 Å². The predicted molar refractivity (Wildman–Crippen MR) is 89.3 cm³/mol. The Kier molecular flexibility index (Phi) is 6.99. The standard InChI is InChI=1S/C12H16Br3NO2S/c1-9(2)16(7-3-6-13)19(17,18)12-8-10(14)4-5-11(12)15/h4-5,8-9H,3,6-7H2,1-2H3. The molecule has 1 aromatic carbocycles. The highest BCUT2D eigenvalue weighted by molar-refractivity contribution is 9.11. The number of nitrogens with zero attached hydrogens (tertiary/aromatic N) is 1. The van der Waals surface area contributed by atoms with Gasteiger partial charge in [0.1, 0.15) is 0 Å². The Morgan fingerprint density at radius 1 is 1.26 bits per heavy atom. The Morgan fingerprint density at radius 3 is 2.42 bits per heavy atom. The van der Waals surface area contributed by atoms with Crippen LogP contribution >= 0.6 is 47.8 Å². The maximum absolute atomic E-state index is 12.7. The molecule has 0 bridgehead atoms. The van der Waals surface area contributed by atoms with Crippen LogP contribution in [0, 0.1) is 0 Å². The van der Waals surface area contributed by atoms with Crippen LogP contribution in [-0.2, 0) is 10.0 Å². The molecule has 0 N–H and O–H groups in total. The molecule has 0 fully saturated rings. The first kappa shape index (κ1) is 17.6. The molecule has 0 atom stereocenters. The van der Waals surface area contributed by atoms with Crippen LogP contribution in [0.1, 0.15) is 20.3 Å². The minimum Gasteiger partial charge on any atom is -0.207 e. The van der Waals surface area contributed by atoms with E-state index in [1.54, 1.807) is 18.2 Å². The Balaban J connectivity index is 3.22. The summed E-state index contributed by atoms with van der Waals surface area (Å²) in [5.41, 5.74) is 0. The van der Waals surface area contributed by atoms with E-state index in [0.29, 0.717) is 15.9 Å². The molecule has 0 aliphatic heterocycles. The molecule has 0 heterocycles. The fourth-order valence-electron chi connectivity index (χ4n) is 1.67. The minimum atomic E-state index is -3.49. The molecular formula is C12H16Br3NO2S. The van der Waals surface area contributed by atoms with Crippen LogP contribution in [0.2, 0.25) is 0 Å². The van der Waals surface area contributed by atoms with E-state index in [1.165, 1.54) is 4.31 Å². The van der Waals surface area contributed by atoms with Gasteiger partial charge in [0.2, 0.25) is 10.0 Å². The van der Waals surface area contributed by atoms with Gasteiger partial charge in [-0.15, -0.1) is 0 Å². The summed E-state index contributed by atoms with van der Waals surface area (Å²) < 4.78 is 28.3. The fraction of sp³-hybridized carbons (Fsp3) is 0.500. The molecule has 19 heavy (non-hydrogen) atoms. The molecule has 3 nitrogen and oxygen atoms in total. The molecule has 1 aromatic rings. The van der Waals surface area contributed by atoms with Crippen molar-refractivity contribution >= 4 is 57.8 Å². The average Bonchev–Trinajstić information content (AvgIpc) is 2.32. The monoisotopic (exact) mass is 475 g/mol. The van der Waals surface area contributed by atoms with Crippen LogP contribution in [0.25, 0.3) is 0 Å². The number of sulfonamides is 1. The summed E-state index contributed by atoms with van der Waals surface area (Å²) in [5.74, 6) is 0. The molecule has 0 aliphatic rings. The van der Waals surface area contributed by atoms with Crippen LogP contribution in [0.5, 0.6) is 0 Å². The van der Waals surface area contributed by atoms with Crippen molar-refractivity contribution in [2.45, 2.75) is 31.2 Å². The summed E-state index contributed by atoms with van der Waals surface area (Å²) in [7, 11) is -3.49. The van der Waals surface area contributed by atoms with Crippen molar-refractivity contribution in [1.82, 2.24) is 4.31 Å². The van der Waals surface area contributed by atoms with Gasteiger partial charge in [0.15, 0.2) is 0 Å². The smallest absolute Gasteiger partial charge is 0.207 e. The van der Waals surface area contributed by atoms with Crippen LogP contribution in [0.3, 0.4) is 0 Å². The second kappa shape index (κ2) is 7.54. The Bertz CT molecular complexity index is 532. The van der Waals surface area contributed by atoms with E-state index in [1.807, 2.05) is 13.8 Å². The summed E-state index contributed by atoms with van der Waals surface area (Å²) >= 11 is 9.97.